The van der Waals surface area contributed by atoms with Gasteiger partial charge in [0.25, 0.3) is 0 Å². The molecular formula is C18H22N4O2S. The van der Waals surface area contributed by atoms with Crippen LogP contribution < -0.4 is 11.0 Å². The predicted molar refractivity (Wildman–Crippen MR) is 103 cm³/mol. The van der Waals surface area contributed by atoms with Crippen LogP contribution in [0.5, 0.6) is 0 Å². The summed E-state index contributed by atoms with van der Waals surface area (Å²) >= 11 is 1.72. The number of carbonyl (C=O) groups is 1. The van der Waals surface area contributed by atoms with Crippen LogP contribution in [0.15, 0.2) is 47.5 Å². The maximum atomic E-state index is 12.8. The number of hydrogen-bond acceptors (Lipinski definition) is 3. The molecule has 0 fully saturated rings. The van der Waals surface area contributed by atoms with E-state index in [2.05, 4.69) is 5.32 Å². The number of carbonyl (C=O) groups excluding carboxylic acids is 1. The molecule has 0 radical (unpaired) electrons. The Balaban J connectivity index is 1.87. The molecule has 0 bridgehead atoms. The second-order valence-electron chi connectivity index (χ2n) is 6.02. The van der Waals surface area contributed by atoms with Gasteiger partial charge in [-0.05, 0) is 48.8 Å². The Bertz CT molecular complexity index is 940. The molecule has 1 amide bonds. The zero-order valence-electron chi connectivity index (χ0n) is 14.6. The van der Waals surface area contributed by atoms with Crippen LogP contribution in [0.1, 0.15) is 12.5 Å². The number of thioether (sulfide) groups is 1. The second-order valence-corrected chi connectivity index (χ2v) is 7.01. The Morgan fingerprint density at radius 3 is 2.52 bits per heavy atom. The Labute approximate surface area is 150 Å². The number of benzene rings is 1. The molecule has 1 N–H and O–H groups in total. The molecule has 0 unspecified atom stereocenters. The van der Waals surface area contributed by atoms with Crippen molar-refractivity contribution in [3.05, 3.63) is 53.2 Å². The van der Waals surface area contributed by atoms with E-state index in [4.69, 9.17) is 0 Å². The average Bonchev–Trinajstić information content (AvgIpc) is 3.20. The van der Waals surface area contributed by atoms with Crippen molar-refractivity contribution in [2.45, 2.75) is 12.5 Å². The first-order chi connectivity index (χ1) is 12.0. The van der Waals surface area contributed by atoms with Crippen LogP contribution in [0, 0.1) is 0 Å². The average molecular weight is 358 g/mol. The standard InChI is InChI=1S/C18H22N4O2S/c1-20-14-7-6-13(12-16(14)21(2)18(20)24)19-17(23)15(8-11-25-3)22-9-4-5-10-22/h4-7,9-10,12,15H,8,11H2,1-3H3,(H,19,23)/t15-/m1/s1. The molecule has 0 saturated carbocycles. The van der Waals surface area contributed by atoms with Gasteiger partial charge in [-0.1, -0.05) is 0 Å². The number of anilines is 1. The molecule has 0 aliphatic heterocycles. The molecule has 3 aromatic rings. The monoisotopic (exact) mass is 358 g/mol. The second kappa shape index (κ2) is 7.23. The molecule has 132 valence electrons. The van der Waals surface area contributed by atoms with Crippen LogP contribution in [-0.2, 0) is 18.9 Å². The number of nitrogens with zero attached hydrogens (tertiary/aromatic N) is 3. The zero-order chi connectivity index (χ0) is 18.0. The van der Waals surface area contributed by atoms with Gasteiger partial charge in [0.2, 0.25) is 5.91 Å². The van der Waals surface area contributed by atoms with E-state index in [9.17, 15) is 9.59 Å². The van der Waals surface area contributed by atoms with Crippen molar-refractivity contribution in [1.29, 1.82) is 0 Å². The summed E-state index contributed by atoms with van der Waals surface area (Å²) in [5.41, 5.74) is 2.26. The van der Waals surface area contributed by atoms with Crippen LogP contribution in [0.3, 0.4) is 0 Å². The summed E-state index contributed by atoms with van der Waals surface area (Å²) in [4.78, 5) is 24.8. The Morgan fingerprint density at radius 1 is 1.16 bits per heavy atom. The number of amides is 1. The van der Waals surface area contributed by atoms with E-state index in [1.54, 1.807) is 35.0 Å². The fraction of sp³-hybridized carbons (Fsp3) is 0.333. The molecule has 0 saturated heterocycles. The molecule has 1 aromatic carbocycles. The van der Waals surface area contributed by atoms with E-state index in [1.165, 1.54) is 0 Å². The first-order valence-corrected chi connectivity index (χ1v) is 9.50. The highest BCUT2D eigenvalue weighted by Gasteiger charge is 2.20. The minimum Gasteiger partial charge on any atom is -0.342 e. The SMILES string of the molecule is CSCC[C@H](C(=O)Nc1ccc2c(c1)n(C)c(=O)n2C)n1cccc1. The first-order valence-electron chi connectivity index (χ1n) is 8.10. The fourth-order valence-electron chi connectivity index (χ4n) is 3.01. The number of fused-ring (bicyclic) bond motifs is 1. The normalized spacial score (nSPS) is 12.4. The summed E-state index contributed by atoms with van der Waals surface area (Å²) in [7, 11) is 3.48. The molecule has 0 spiro atoms. The minimum absolute atomic E-state index is 0.0504. The van der Waals surface area contributed by atoms with E-state index in [0.717, 1.165) is 23.2 Å². The van der Waals surface area contributed by atoms with Gasteiger partial charge < -0.3 is 9.88 Å². The van der Waals surface area contributed by atoms with E-state index < -0.39 is 0 Å². The van der Waals surface area contributed by atoms with Crippen LogP contribution in [-0.4, -0.2) is 31.6 Å². The summed E-state index contributed by atoms with van der Waals surface area (Å²) in [5.74, 6) is 0.855. The van der Waals surface area contributed by atoms with Gasteiger partial charge in [-0.15, -0.1) is 0 Å². The van der Waals surface area contributed by atoms with Crippen LogP contribution in [0.4, 0.5) is 5.69 Å². The van der Waals surface area contributed by atoms with Crippen molar-refractivity contribution in [2.24, 2.45) is 14.1 Å². The largest absolute Gasteiger partial charge is 0.342 e. The molecule has 25 heavy (non-hydrogen) atoms. The van der Waals surface area contributed by atoms with Crippen molar-refractivity contribution in [1.82, 2.24) is 13.7 Å². The number of rotatable bonds is 6. The molecule has 2 aromatic heterocycles. The summed E-state index contributed by atoms with van der Waals surface area (Å²) in [6.45, 7) is 0. The predicted octanol–water partition coefficient (Wildman–Crippen LogP) is 2.61. The molecular weight excluding hydrogens is 336 g/mol. The van der Waals surface area contributed by atoms with E-state index in [-0.39, 0.29) is 17.6 Å². The van der Waals surface area contributed by atoms with Gasteiger partial charge >= 0.3 is 5.69 Å². The summed E-state index contributed by atoms with van der Waals surface area (Å²) in [5, 5.41) is 2.99. The summed E-state index contributed by atoms with van der Waals surface area (Å²) in [6.07, 6.45) is 6.62. The highest BCUT2D eigenvalue weighted by Crippen LogP contribution is 2.21. The Hall–Kier alpha value is -2.41. The highest BCUT2D eigenvalue weighted by atomic mass is 32.2. The van der Waals surface area contributed by atoms with Gasteiger partial charge in [0.05, 0.1) is 11.0 Å². The first kappa shape index (κ1) is 17.4. The summed E-state index contributed by atoms with van der Waals surface area (Å²) < 4.78 is 5.12. The third kappa shape index (κ3) is 3.37. The van der Waals surface area contributed by atoms with Crippen molar-refractivity contribution in [3.8, 4) is 0 Å². The Morgan fingerprint density at radius 2 is 1.84 bits per heavy atom. The van der Waals surface area contributed by atoms with E-state index >= 15 is 0 Å². The fourth-order valence-corrected chi connectivity index (χ4v) is 3.47. The topological polar surface area (TPSA) is 61.0 Å². The third-order valence-corrected chi connectivity index (χ3v) is 5.07. The van der Waals surface area contributed by atoms with E-state index in [1.807, 2.05) is 53.5 Å². The number of aromatic nitrogens is 3. The van der Waals surface area contributed by atoms with Gasteiger partial charge in [-0.2, -0.15) is 11.8 Å². The molecule has 3 rings (SSSR count). The van der Waals surface area contributed by atoms with Gasteiger partial charge in [-0.25, -0.2) is 4.79 Å². The maximum absolute atomic E-state index is 12.8. The Kier molecular flexibility index (Phi) is 5.03. The zero-order valence-corrected chi connectivity index (χ0v) is 15.4. The molecule has 7 heteroatoms. The lowest BCUT2D eigenvalue weighted by Crippen LogP contribution is -2.26. The smallest absolute Gasteiger partial charge is 0.328 e. The van der Waals surface area contributed by atoms with Crippen LogP contribution in [0.2, 0.25) is 0 Å². The van der Waals surface area contributed by atoms with Crippen molar-refractivity contribution in [2.75, 3.05) is 17.3 Å². The number of hydrogen-bond donors (Lipinski definition) is 1. The lowest BCUT2D eigenvalue weighted by Gasteiger charge is -2.18. The van der Waals surface area contributed by atoms with Crippen molar-refractivity contribution < 1.29 is 4.79 Å². The van der Waals surface area contributed by atoms with E-state index in [0.29, 0.717) is 5.69 Å². The van der Waals surface area contributed by atoms with Crippen molar-refractivity contribution in [3.63, 3.8) is 0 Å². The van der Waals surface area contributed by atoms with Gasteiger partial charge in [0.15, 0.2) is 0 Å². The lowest BCUT2D eigenvalue weighted by molar-refractivity contribution is -0.119. The minimum atomic E-state index is -0.252. The van der Waals surface area contributed by atoms with Gasteiger partial charge in [-0.3, -0.25) is 13.9 Å². The molecule has 0 aliphatic rings. The number of imidazole rings is 1. The molecule has 6 nitrogen and oxygen atoms in total. The summed E-state index contributed by atoms with van der Waals surface area (Å²) in [6, 6.07) is 9.13. The number of aryl methyl sites for hydroxylation is 2. The molecule has 2 heterocycles. The van der Waals surface area contributed by atoms with Crippen molar-refractivity contribution >= 4 is 34.4 Å². The highest BCUT2D eigenvalue weighted by molar-refractivity contribution is 7.98. The molecule has 1 atom stereocenters. The third-order valence-electron chi connectivity index (χ3n) is 4.42. The van der Waals surface area contributed by atoms with Gasteiger partial charge in [0.1, 0.15) is 6.04 Å². The lowest BCUT2D eigenvalue weighted by atomic mass is 10.2. The van der Waals surface area contributed by atoms with Crippen LogP contribution >= 0.6 is 11.8 Å². The number of nitrogens with one attached hydrogen (secondary N) is 1. The van der Waals surface area contributed by atoms with Crippen LogP contribution in [0.25, 0.3) is 11.0 Å². The molecule has 0 aliphatic carbocycles. The quantitative estimate of drug-likeness (QED) is 0.737. The maximum Gasteiger partial charge on any atom is 0.328 e. The van der Waals surface area contributed by atoms with Gasteiger partial charge in [0, 0.05) is 32.2 Å².